The van der Waals surface area contributed by atoms with E-state index in [0.29, 0.717) is 5.95 Å². The van der Waals surface area contributed by atoms with Crippen LogP contribution in [0.1, 0.15) is 11.4 Å². The zero-order valence-corrected chi connectivity index (χ0v) is 11.4. The van der Waals surface area contributed by atoms with Crippen molar-refractivity contribution in [3.05, 3.63) is 32.7 Å². The molecule has 0 bridgehead atoms. The molecule has 0 fully saturated rings. The molecule has 0 spiro atoms. The van der Waals surface area contributed by atoms with E-state index >= 15 is 0 Å². The minimum atomic E-state index is 0.574. The van der Waals surface area contributed by atoms with Gasteiger partial charge < -0.3 is 0 Å². The molecule has 2 aromatic heterocycles. The summed E-state index contributed by atoms with van der Waals surface area (Å²) in [4.78, 5) is 8.37. The standard InChI is InChI=1S/C9H8Br2N4/c1-5-8(11)6(2)15(14-5)9-12-3-7(10)4-13-9/h3-4H,1-2H3. The van der Waals surface area contributed by atoms with Crippen LogP contribution in [0.3, 0.4) is 0 Å². The monoisotopic (exact) mass is 330 g/mol. The molecule has 2 aromatic rings. The first-order valence-corrected chi connectivity index (χ1v) is 5.88. The number of rotatable bonds is 1. The van der Waals surface area contributed by atoms with Crippen LogP contribution in [0.5, 0.6) is 0 Å². The van der Waals surface area contributed by atoms with Crippen molar-refractivity contribution < 1.29 is 0 Å². The number of hydrogen-bond acceptors (Lipinski definition) is 3. The molecule has 6 heteroatoms. The highest BCUT2D eigenvalue weighted by Crippen LogP contribution is 2.21. The zero-order valence-electron chi connectivity index (χ0n) is 8.20. The molecular formula is C9H8Br2N4. The fourth-order valence-corrected chi connectivity index (χ4v) is 1.69. The van der Waals surface area contributed by atoms with Crippen molar-refractivity contribution in [1.29, 1.82) is 0 Å². The van der Waals surface area contributed by atoms with Crippen LogP contribution in [-0.2, 0) is 0 Å². The molecule has 4 nitrogen and oxygen atoms in total. The molecule has 0 atom stereocenters. The average Bonchev–Trinajstić information content (AvgIpc) is 2.47. The second-order valence-electron chi connectivity index (χ2n) is 3.10. The van der Waals surface area contributed by atoms with Gasteiger partial charge in [-0.05, 0) is 45.7 Å². The third kappa shape index (κ3) is 1.96. The fraction of sp³-hybridized carbons (Fsp3) is 0.222. The third-order valence-electron chi connectivity index (χ3n) is 2.00. The first-order valence-electron chi connectivity index (χ1n) is 4.29. The molecule has 2 heterocycles. The number of nitrogens with zero attached hydrogens (tertiary/aromatic N) is 4. The predicted octanol–water partition coefficient (Wildman–Crippen LogP) is 2.80. The van der Waals surface area contributed by atoms with Crippen LogP contribution in [0, 0.1) is 13.8 Å². The summed E-state index contributed by atoms with van der Waals surface area (Å²) in [6, 6.07) is 0. The van der Waals surface area contributed by atoms with Gasteiger partial charge in [-0.25, -0.2) is 14.6 Å². The minimum Gasteiger partial charge on any atom is -0.218 e. The number of aryl methyl sites for hydroxylation is 1. The van der Waals surface area contributed by atoms with E-state index < -0.39 is 0 Å². The molecule has 0 aliphatic rings. The van der Waals surface area contributed by atoms with Gasteiger partial charge in [0, 0.05) is 12.4 Å². The van der Waals surface area contributed by atoms with Gasteiger partial charge in [0.25, 0.3) is 5.95 Å². The second kappa shape index (κ2) is 4.02. The Kier molecular flexibility index (Phi) is 2.88. The lowest BCUT2D eigenvalue weighted by atomic mass is 10.4. The smallest absolute Gasteiger partial charge is 0.218 e. The lowest BCUT2D eigenvalue weighted by Gasteiger charge is -2.01. The molecule has 2 rings (SSSR count). The first-order chi connectivity index (χ1) is 7.09. The quantitative estimate of drug-likeness (QED) is 0.807. The van der Waals surface area contributed by atoms with Gasteiger partial charge in [0.05, 0.1) is 20.3 Å². The van der Waals surface area contributed by atoms with E-state index in [1.165, 1.54) is 0 Å². The summed E-state index contributed by atoms with van der Waals surface area (Å²) in [7, 11) is 0. The topological polar surface area (TPSA) is 43.6 Å². The normalized spacial score (nSPS) is 10.7. The molecule has 0 aliphatic carbocycles. The Labute approximate surface area is 104 Å². The highest BCUT2D eigenvalue weighted by molar-refractivity contribution is 9.10. The van der Waals surface area contributed by atoms with Crippen LogP contribution in [0.4, 0.5) is 0 Å². The largest absolute Gasteiger partial charge is 0.250 e. The summed E-state index contributed by atoms with van der Waals surface area (Å²) in [5.74, 6) is 0.574. The second-order valence-corrected chi connectivity index (χ2v) is 4.81. The van der Waals surface area contributed by atoms with Crippen LogP contribution in [-0.4, -0.2) is 19.7 Å². The molecule has 0 aromatic carbocycles. The minimum absolute atomic E-state index is 0.574. The van der Waals surface area contributed by atoms with E-state index in [4.69, 9.17) is 0 Å². The first kappa shape index (κ1) is 10.8. The molecular weight excluding hydrogens is 324 g/mol. The Hall–Kier alpha value is -0.750. The Morgan fingerprint density at radius 3 is 2.20 bits per heavy atom. The molecule has 0 radical (unpaired) electrons. The third-order valence-corrected chi connectivity index (χ3v) is 3.56. The van der Waals surface area contributed by atoms with Crippen LogP contribution < -0.4 is 0 Å². The van der Waals surface area contributed by atoms with Gasteiger partial charge in [-0.15, -0.1) is 0 Å². The molecule has 0 unspecified atom stereocenters. The summed E-state index contributed by atoms with van der Waals surface area (Å²) in [6.07, 6.45) is 3.40. The summed E-state index contributed by atoms with van der Waals surface area (Å²) in [5.41, 5.74) is 1.92. The fourth-order valence-electron chi connectivity index (χ4n) is 1.23. The van der Waals surface area contributed by atoms with E-state index in [1.807, 2.05) is 13.8 Å². The van der Waals surface area contributed by atoms with Gasteiger partial charge in [-0.3, -0.25) is 0 Å². The highest BCUT2D eigenvalue weighted by atomic mass is 79.9. The summed E-state index contributed by atoms with van der Waals surface area (Å²) >= 11 is 6.76. The summed E-state index contributed by atoms with van der Waals surface area (Å²) in [6.45, 7) is 3.90. The molecule has 15 heavy (non-hydrogen) atoms. The number of hydrogen-bond donors (Lipinski definition) is 0. The van der Waals surface area contributed by atoms with Crippen LogP contribution >= 0.6 is 31.9 Å². The lowest BCUT2D eigenvalue weighted by Crippen LogP contribution is -2.04. The van der Waals surface area contributed by atoms with E-state index in [0.717, 1.165) is 20.3 Å². The Morgan fingerprint density at radius 2 is 1.73 bits per heavy atom. The van der Waals surface area contributed by atoms with Gasteiger partial charge in [0.15, 0.2) is 0 Å². The molecule has 0 saturated heterocycles. The summed E-state index contributed by atoms with van der Waals surface area (Å²) in [5, 5.41) is 4.34. The van der Waals surface area contributed by atoms with Crippen LogP contribution in [0.25, 0.3) is 5.95 Å². The van der Waals surface area contributed by atoms with Crippen molar-refractivity contribution in [2.75, 3.05) is 0 Å². The van der Waals surface area contributed by atoms with Crippen molar-refractivity contribution in [3.63, 3.8) is 0 Å². The highest BCUT2D eigenvalue weighted by Gasteiger charge is 2.11. The van der Waals surface area contributed by atoms with Gasteiger partial charge in [0.1, 0.15) is 0 Å². The Morgan fingerprint density at radius 1 is 1.13 bits per heavy atom. The number of halogens is 2. The van der Waals surface area contributed by atoms with E-state index in [1.54, 1.807) is 17.1 Å². The van der Waals surface area contributed by atoms with Gasteiger partial charge in [-0.1, -0.05) is 0 Å². The van der Waals surface area contributed by atoms with Crippen molar-refractivity contribution in [3.8, 4) is 5.95 Å². The van der Waals surface area contributed by atoms with Crippen LogP contribution in [0.2, 0.25) is 0 Å². The molecule has 78 valence electrons. The maximum atomic E-state index is 4.34. The van der Waals surface area contributed by atoms with Crippen molar-refractivity contribution in [2.45, 2.75) is 13.8 Å². The van der Waals surface area contributed by atoms with Gasteiger partial charge >= 0.3 is 0 Å². The van der Waals surface area contributed by atoms with Crippen molar-refractivity contribution in [1.82, 2.24) is 19.7 Å². The van der Waals surface area contributed by atoms with Crippen molar-refractivity contribution >= 4 is 31.9 Å². The maximum Gasteiger partial charge on any atom is 0.250 e. The van der Waals surface area contributed by atoms with Crippen LogP contribution in [0.15, 0.2) is 21.3 Å². The molecule has 0 amide bonds. The predicted molar refractivity (Wildman–Crippen MR) is 64.0 cm³/mol. The van der Waals surface area contributed by atoms with Gasteiger partial charge in [-0.2, -0.15) is 5.10 Å². The lowest BCUT2D eigenvalue weighted by molar-refractivity contribution is 0.772. The maximum absolute atomic E-state index is 4.34. The van der Waals surface area contributed by atoms with Gasteiger partial charge in [0.2, 0.25) is 0 Å². The zero-order chi connectivity index (χ0) is 11.0. The van der Waals surface area contributed by atoms with E-state index in [2.05, 4.69) is 46.9 Å². The SMILES string of the molecule is Cc1nn(-c2ncc(Br)cn2)c(C)c1Br. The summed E-state index contributed by atoms with van der Waals surface area (Å²) < 4.78 is 3.56. The molecule has 0 N–H and O–H groups in total. The molecule has 0 aliphatic heterocycles. The Balaban J connectivity index is 2.54. The van der Waals surface area contributed by atoms with E-state index in [-0.39, 0.29) is 0 Å². The van der Waals surface area contributed by atoms with Crippen molar-refractivity contribution in [2.24, 2.45) is 0 Å². The average molecular weight is 332 g/mol. The van der Waals surface area contributed by atoms with E-state index in [9.17, 15) is 0 Å². The Bertz CT molecular complexity index is 490. The number of aromatic nitrogens is 4. The molecule has 0 saturated carbocycles.